The minimum atomic E-state index is 0.0576. The van der Waals surface area contributed by atoms with Crippen LogP contribution in [0.15, 0.2) is 18.2 Å². The minimum absolute atomic E-state index is 0.0576. The van der Waals surface area contributed by atoms with Crippen molar-refractivity contribution in [2.75, 3.05) is 25.0 Å². The number of carbonyl (C=O) groups excluding carboxylic acids is 1. The van der Waals surface area contributed by atoms with Gasteiger partial charge in [-0.05, 0) is 18.9 Å². The normalized spacial score (nSPS) is 10.3. The van der Waals surface area contributed by atoms with Gasteiger partial charge in [0.05, 0.1) is 6.61 Å². The molecule has 2 N–H and O–H groups in total. The molecule has 1 rings (SSSR count). The van der Waals surface area contributed by atoms with Crippen molar-refractivity contribution in [3.8, 4) is 5.88 Å². The Labute approximate surface area is 114 Å². The van der Waals surface area contributed by atoms with Gasteiger partial charge in [-0.25, -0.2) is 0 Å². The van der Waals surface area contributed by atoms with Crippen LogP contribution < -0.4 is 15.4 Å². The lowest BCUT2D eigenvalue weighted by atomic mass is 10.2. The van der Waals surface area contributed by atoms with Crippen LogP contribution in [-0.2, 0) is 4.79 Å². The molecule has 5 nitrogen and oxygen atoms in total. The van der Waals surface area contributed by atoms with E-state index in [4.69, 9.17) is 4.74 Å². The molecule has 106 valence electrons. The number of pyridine rings is 1. The minimum Gasteiger partial charge on any atom is -0.478 e. The molecule has 0 aliphatic heterocycles. The van der Waals surface area contributed by atoms with Gasteiger partial charge in [0, 0.05) is 25.6 Å². The molecule has 1 aromatic heterocycles. The molecule has 1 heterocycles. The van der Waals surface area contributed by atoms with Crippen LogP contribution in [0.25, 0.3) is 0 Å². The van der Waals surface area contributed by atoms with Gasteiger partial charge in [-0.2, -0.15) is 4.98 Å². The van der Waals surface area contributed by atoms with Crippen LogP contribution in [-0.4, -0.2) is 30.6 Å². The quantitative estimate of drug-likeness (QED) is 0.755. The van der Waals surface area contributed by atoms with E-state index in [1.54, 1.807) is 0 Å². The summed E-state index contributed by atoms with van der Waals surface area (Å²) in [6.07, 6.45) is 0.438. The lowest BCUT2D eigenvalue weighted by Crippen LogP contribution is -2.28. The van der Waals surface area contributed by atoms with Gasteiger partial charge in [0.1, 0.15) is 5.82 Å². The lowest BCUT2D eigenvalue weighted by Gasteiger charge is -2.09. The van der Waals surface area contributed by atoms with E-state index in [9.17, 15) is 4.79 Å². The van der Waals surface area contributed by atoms with Gasteiger partial charge in [-0.3, -0.25) is 4.79 Å². The van der Waals surface area contributed by atoms with Crippen molar-refractivity contribution in [1.82, 2.24) is 10.3 Å². The number of rotatable bonds is 8. The first-order valence-electron chi connectivity index (χ1n) is 6.72. The summed E-state index contributed by atoms with van der Waals surface area (Å²) < 4.78 is 5.31. The number of carbonyl (C=O) groups is 1. The van der Waals surface area contributed by atoms with E-state index in [-0.39, 0.29) is 5.91 Å². The van der Waals surface area contributed by atoms with E-state index < -0.39 is 0 Å². The van der Waals surface area contributed by atoms with Crippen molar-refractivity contribution in [3.05, 3.63) is 18.2 Å². The average Bonchev–Trinajstić information content (AvgIpc) is 2.37. The molecule has 0 saturated carbocycles. The molecule has 0 aromatic carbocycles. The smallest absolute Gasteiger partial charge is 0.221 e. The molecule has 0 aliphatic rings. The predicted octanol–water partition coefficient (Wildman–Crippen LogP) is 2.05. The van der Waals surface area contributed by atoms with Gasteiger partial charge in [-0.15, -0.1) is 0 Å². The second-order valence-electron chi connectivity index (χ2n) is 4.67. The number of hydrogen-bond acceptors (Lipinski definition) is 4. The molecular weight excluding hydrogens is 242 g/mol. The zero-order valence-electron chi connectivity index (χ0n) is 11.9. The molecule has 5 heteroatoms. The van der Waals surface area contributed by atoms with Crippen molar-refractivity contribution in [3.63, 3.8) is 0 Å². The summed E-state index contributed by atoms with van der Waals surface area (Å²) in [7, 11) is 0. The first kappa shape index (κ1) is 15.3. The number of nitrogens with one attached hydrogen (secondary N) is 2. The predicted molar refractivity (Wildman–Crippen MR) is 76.4 cm³/mol. The van der Waals surface area contributed by atoms with Crippen molar-refractivity contribution < 1.29 is 9.53 Å². The summed E-state index contributed by atoms with van der Waals surface area (Å²) in [5.41, 5.74) is 0. The third-order valence-electron chi connectivity index (χ3n) is 2.38. The van der Waals surface area contributed by atoms with Gasteiger partial charge in [0.25, 0.3) is 0 Å². The molecule has 0 fully saturated rings. The van der Waals surface area contributed by atoms with E-state index in [0.29, 0.717) is 31.4 Å². The highest BCUT2D eigenvalue weighted by molar-refractivity contribution is 5.76. The van der Waals surface area contributed by atoms with Crippen LogP contribution in [0.2, 0.25) is 0 Å². The second-order valence-corrected chi connectivity index (χ2v) is 4.67. The fourth-order valence-electron chi connectivity index (χ4n) is 1.45. The highest BCUT2D eigenvalue weighted by Crippen LogP contribution is 2.11. The number of amides is 1. The maximum absolute atomic E-state index is 11.5. The summed E-state index contributed by atoms with van der Waals surface area (Å²) in [6.45, 7) is 7.93. The van der Waals surface area contributed by atoms with Gasteiger partial charge >= 0.3 is 0 Å². The van der Waals surface area contributed by atoms with Crippen LogP contribution >= 0.6 is 0 Å². The molecule has 1 amide bonds. The molecule has 19 heavy (non-hydrogen) atoms. The maximum Gasteiger partial charge on any atom is 0.221 e. The van der Waals surface area contributed by atoms with Crippen molar-refractivity contribution >= 4 is 11.7 Å². The number of nitrogens with zero attached hydrogens (tertiary/aromatic N) is 1. The van der Waals surface area contributed by atoms with E-state index in [1.807, 2.05) is 25.1 Å². The van der Waals surface area contributed by atoms with E-state index in [2.05, 4.69) is 29.5 Å². The third kappa shape index (κ3) is 6.64. The van der Waals surface area contributed by atoms with Gasteiger partial charge in [-0.1, -0.05) is 19.9 Å². The van der Waals surface area contributed by atoms with Crippen LogP contribution in [0, 0.1) is 5.92 Å². The van der Waals surface area contributed by atoms with E-state index >= 15 is 0 Å². The number of anilines is 1. The van der Waals surface area contributed by atoms with Crippen molar-refractivity contribution in [2.45, 2.75) is 27.2 Å². The molecule has 0 atom stereocenters. The molecule has 0 aliphatic carbocycles. The molecule has 0 unspecified atom stereocenters. The zero-order valence-corrected chi connectivity index (χ0v) is 11.9. The van der Waals surface area contributed by atoms with Crippen LogP contribution in [0.1, 0.15) is 27.2 Å². The highest BCUT2D eigenvalue weighted by Gasteiger charge is 2.03. The van der Waals surface area contributed by atoms with Gasteiger partial charge in [0.15, 0.2) is 0 Å². The molecule has 0 saturated heterocycles. The molecule has 0 spiro atoms. The Morgan fingerprint density at radius 1 is 1.42 bits per heavy atom. The first-order valence-corrected chi connectivity index (χ1v) is 6.72. The lowest BCUT2D eigenvalue weighted by molar-refractivity contribution is -0.120. The zero-order chi connectivity index (χ0) is 14.1. The SMILES string of the molecule is CCOc1cccc(NCCC(=O)NCC(C)C)n1. The van der Waals surface area contributed by atoms with E-state index in [1.165, 1.54) is 0 Å². The van der Waals surface area contributed by atoms with Gasteiger partial charge < -0.3 is 15.4 Å². The number of aromatic nitrogens is 1. The Hall–Kier alpha value is -1.78. The largest absolute Gasteiger partial charge is 0.478 e. The Bertz CT molecular complexity index is 394. The van der Waals surface area contributed by atoms with E-state index in [0.717, 1.165) is 12.4 Å². The molecule has 0 bridgehead atoms. The van der Waals surface area contributed by atoms with Crippen molar-refractivity contribution in [2.24, 2.45) is 5.92 Å². The standard InChI is InChI=1S/C14H23N3O2/c1-4-19-14-7-5-6-12(17-14)15-9-8-13(18)16-10-11(2)3/h5-7,11H,4,8-10H2,1-3H3,(H,15,17)(H,16,18). The van der Waals surface area contributed by atoms with Gasteiger partial charge in [0.2, 0.25) is 11.8 Å². The fraction of sp³-hybridized carbons (Fsp3) is 0.571. The summed E-state index contributed by atoms with van der Waals surface area (Å²) in [5, 5.41) is 5.99. The monoisotopic (exact) mass is 265 g/mol. The Morgan fingerprint density at radius 2 is 2.21 bits per heavy atom. The summed E-state index contributed by atoms with van der Waals surface area (Å²) in [5.74, 6) is 1.85. The Morgan fingerprint density at radius 3 is 2.89 bits per heavy atom. The molecule has 0 radical (unpaired) electrons. The average molecular weight is 265 g/mol. The van der Waals surface area contributed by atoms with Crippen LogP contribution in [0.3, 0.4) is 0 Å². The van der Waals surface area contributed by atoms with Crippen LogP contribution in [0.4, 0.5) is 5.82 Å². The molecule has 1 aromatic rings. The number of ether oxygens (including phenoxy) is 1. The summed E-state index contributed by atoms with van der Waals surface area (Å²) >= 11 is 0. The second kappa shape index (κ2) is 8.34. The van der Waals surface area contributed by atoms with Crippen molar-refractivity contribution in [1.29, 1.82) is 0 Å². The van der Waals surface area contributed by atoms with Crippen LogP contribution in [0.5, 0.6) is 5.88 Å². The Balaban J connectivity index is 2.28. The number of hydrogen-bond donors (Lipinski definition) is 2. The third-order valence-corrected chi connectivity index (χ3v) is 2.38. The first-order chi connectivity index (χ1) is 9.11. The summed E-state index contributed by atoms with van der Waals surface area (Å²) in [4.78, 5) is 15.8. The topological polar surface area (TPSA) is 63.2 Å². The maximum atomic E-state index is 11.5. The summed E-state index contributed by atoms with van der Waals surface area (Å²) in [6, 6.07) is 5.54. The Kier molecular flexibility index (Phi) is 6.71. The highest BCUT2D eigenvalue weighted by atomic mass is 16.5. The fourth-order valence-corrected chi connectivity index (χ4v) is 1.45. The molecular formula is C14H23N3O2.